The highest BCUT2D eigenvalue weighted by atomic mass is 32.1. The van der Waals surface area contributed by atoms with Crippen molar-refractivity contribution in [3.63, 3.8) is 0 Å². The summed E-state index contributed by atoms with van der Waals surface area (Å²) in [5, 5.41) is 9.25. The third kappa shape index (κ3) is 6.64. The Morgan fingerprint density at radius 1 is 1.26 bits per heavy atom. The molecule has 1 aromatic heterocycles. The van der Waals surface area contributed by atoms with E-state index >= 15 is 0 Å². The molecule has 1 aliphatic heterocycles. The summed E-state index contributed by atoms with van der Waals surface area (Å²) in [5.41, 5.74) is 1.21. The summed E-state index contributed by atoms with van der Waals surface area (Å²) < 4.78 is 14.1. The minimum atomic E-state index is -0.334. The summed E-state index contributed by atoms with van der Waals surface area (Å²) in [5.74, 6) is -0.177. The number of piperazine rings is 1. The minimum Gasteiger partial charge on any atom is -0.351 e. The van der Waals surface area contributed by atoms with Gasteiger partial charge >= 0.3 is 6.03 Å². The summed E-state index contributed by atoms with van der Waals surface area (Å²) in [4.78, 5) is 43.7. The van der Waals surface area contributed by atoms with Crippen molar-refractivity contribution < 1.29 is 18.8 Å². The molecule has 1 saturated heterocycles. The van der Waals surface area contributed by atoms with Crippen LogP contribution in [0.2, 0.25) is 0 Å². The fourth-order valence-electron chi connectivity index (χ4n) is 5.11. The van der Waals surface area contributed by atoms with Crippen LogP contribution >= 0.6 is 11.3 Å². The number of rotatable bonds is 7. The predicted octanol–water partition coefficient (Wildman–Crippen LogP) is 3.52. The van der Waals surface area contributed by atoms with E-state index in [-0.39, 0.29) is 41.5 Å². The Balaban J connectivity index is 1.35. The average Bonchev–Trinajstić information content (AvgIpc) is 3.16. The van der Waals surface area contributed by atoms with E-state index in [2.05, 4.69) is 25.8 Å². The number of ketones is 1. The number of amides is 3. The molecule has 8 nitrogen and oxygen atoms in total. The van der Waals surface area contributed by atoms with Gasteiger partial charge in [-0.1, -0.05) is 42.4 Å². The zero-order valence-corrected chi connectivity index (χ0v) is 20.9. The number of Topliss-reactive ketones (excluding diaryl/α,β-unsaturated/α-hetero) is 1. The van der Waals surface area contributed by atoms with Gasteiger partial charge in [-0.3, -0.25) is 19.8 Å². The van der Waals surface area contributed by atoms with E-state index in [0.717, 1.165) is 25.7 Å². The first kappa shape index (κ1) is 25.2. The normalized spacial score (nSPS) is 22.9. The Kier molecular flexibility index (Phi) is 8.12. The Morgan fingerprint density at radius 3 is 2.77 bits per heavy atom. The van der Waals surface area contributed by atoms with Crippen molar-refractivity contribution in [3.05, 3.63) is 46.2 Å². The summed E-state index contributed by atoms with van der Waals surface area (Å²) in [6, 6.07) is 6.15. The van der Waals surface area contributed by atoms with Crippen LogP contribution in [0.1, 0.15) is 53.5 Å². The number of hydrogen-bond donors (Lipinski definition) is 3. The highest BCUT2D eigenvalue weighted by Crippen LogP contribution is 2.27. The van der Waals surface area contributed by atoms with Crippen LogP contribution in [0.3, 0.4) is 0 Å². The van der Waals surface area contributed by atoms with Gasteiger partial charge in [0.25, 0.3) is 0 Å². The third-order valence-corrected chi connectivity index (χ3v) is 7.86. The van der Waals surface area contributed by atoms with Gasteiger partial charge in [-0.15, -0.1) is 0 Å². The fraction of sp³-hybridized carbons (Fsp3) is 0.520. The SMILES string of the molecule is CC(=O)c1sc(NC(=O)N[C@@H]2CCCC[C@H]2CN2CC(=O)N[C@@H](Cc3ccccc3F)C2)nc1C. The average molecular weight is 502 g/mol. The highest BCUT2D eigenvalue weighted by molar-refractivity contribution is 7.17. The van der Waals surface area contributed by atoms with Crippen molar-refractivity contribution in [2.24, 2.45) is 5.92 Å². The van der Waals surface area contributed by atoms with Gasteiger partial charge in [0.15, 0.2) is 10.9 Å². The number of aromatic nitrogens is 1. The van der Waals surface area contributed by atoms with Gasteiger partial charge in [-0.25, -0.2) is 14.2 Å². The minimum absolute atomic E-state index is 0.0212. The lowest BCUT2D eigenvalue weighted by Crippen LogP contribution is -2.57. The third-order valence-electron chi connectivity index (χ3n) is 6.69. The highest BCUT2D eigenvalue weighted by Gasteiger charge is 2.32. The molecule has 1 aliphatic carbocycles. The van der Waals surface area contributed by atoms with Crippen LogP contribution in [0.25, 0.3) is 0 Å². The molecule has 10 heteroatoms. The molecule has 188 valence electrons. The van der Waals surface area contributed by atoms with E-state index in [1.54, 1.807) is 25.1 Å². The maximum Gasteiger partial charge on any atom is 0.321 e. The molecule has 0 bridgehead atoms. The number of carbonyl (C=O) groups excluding carboxylic acids is 3. The number of anilines is 1. The van der Waals surface area contributed by atoms with E-state index in [1.807, 2.05) is 0 Å². The number of hydrogen-bond acceptors (Lipinski definition) is 6. The van der Waals surface area contributed by atoms with Crippen molar-refractivity contribution in [1.29, 1.82) is 0 Å². The van der Waals surface area contributed by atoms with Gasteiger partial charge in [0.2, 0.25) is 5.91 Å². The number of thiazole rings is 1. The van der Waals surface area contributed by atoms with Crippen LogP contribution in [0.15, 0.2) is 24.3 Å². The zero-order valence-electron chi connectivity index (χ0n) is 20.1. The number of benzene rings is 1. The molecule has 0 spiro atoms. The van der Waals surface area contributed by atoms with Crippen LogP contribution in [0.5, 0.6) is 0 Å². The first-order valence-electron chi connectivity index (χ1n) is 12.1. The molecule has 3 amide bonds. The van der Waals surface area contributed by atoms with Crippen molar-refractivity contribution >= 4 is 34.2 Å². The predicted molar refractivity (Wildman–Crippen MR) is 133 cm³/mol. The molecule has 2 aliphatic rings. The molecule has 1 aromatic carbocycles. The molecule has 2 aromatic rings. The van der Waals surface area contributed by atoms with Crippen LogP contribution in [-0.2, 0) is 11.2 Å². The van der Waals surface area contributed by atoms with Crippen molar-refractivity contribution in [3.8, 4) is 0 Å². The van der Waals surface area contributed by atoms with Gasteiger partial charge in [0.05, 0.1) is 17.1 Å². The van der Waals surface area contributed by atoms with Crippen LogP contribution in [-0.4, -0.2) is 59.3 Å². The van der Waals surface area contributed by atoms with Gasteiger partial charge in [0.1, 0.15) is 5.82 Å². The number of halogens is 1. The first-order chi connectivity index (χ1) is 16.8. The lowest BCUT2D eigenvalue weighted by atomic mass is 9.84. The summed E-state index contributed by atoms with van der Waals surface area (Å²) in [6.07, 6.45) is 4.39. The summed E-state index contributed by atoms with van der Waals surface area (Å²) in [6.45, 7) is 4.87. The molecule has 0 radical (unpaired) electrons. The Bertz CT molecular complexity index is 1090. The van der Waals surface area contributed by atoms with Crippen molar-refractivity contribution in [2.45, 2.75) is 58.0 Å². The van der Waals surface area contributed by atoms with E-state index in [1.165, 1.54) is 24.3 Å². The van der Waals surface area contributed by atoms with E-state index in [9.17, 15) is 18.8 Å². The van der Waals surface area contributed by atoms with Gasteiger partial charge in [0, 0.05) is 32.1 Å². The van der Waals surface area contributed by atoms with Crippen LogP contribution in [0.4, 0.5) is 14.3 Å². The largest absolute Gasteiger partial charge is 0.351 e. The monoisotopic (exact) mass is 501 g/mol. The Morgan fingerprint density at radius 2 is 2.03 bits per heavy atom. The van der Waals surface area contributed by atoms with Crippen molar-refractivity contribution in [1.82, 2.24) is 20.5 Å². The van der Waals surface area contributed by atoms with Crippen molar-refractivity contribution in [2.75, 3.05) is 25.0 Å². The molecule has 3 N–H and O–H groups in total. The molecular formula is C25H32FN5O3S. The molecule has 1 saturated carbocycles. The van der Waals surface area contributed by atoms with E-state index in [0.29, 0.717) is 47.3 Å². The summed E-state index contributed by atoms with van der Waals surface area (Å²) in [7, 11) is 0. The lowest BCUT2D eigenvalue weighted by Gasteiger charge is -2.39. The molecule has 35 heavy (non-hydrogen) atoms. The Labute approximate surface area is 208 Å². The number of nitrogens with zero attached hydrogens (tertiary/aromatic N) is 2. The number of carbonyl (C=O) groups is 3. The number of aryl methyl sites for hydroxylation is 1. The van der Waals surface area contributed by atoms with E-state index in [4.69, 9.17) is 0 Å². The standard InChI is InChI=1S/C25H32FN5O3S/c1-15-23(16(2)32)35-25(27-15)30-24(34)29-21-10-6-4-8-18(21)12-31-13-19(28-22(33)14-31)11-17-7-3-5-9-20(17)26/h3,5,7,9,18-19,21H,4,6,8,10-14H2,1-2H3,(H,28,33)(H2,27,29,30,34)/t18-,19-,21+/m0/s1. The van der Waals surface area contributed by atoms with Crippen LogP contribution in [0, 0.1) is 18.7 Å². The van der Waals surface area contributed by atoms with Crippen LogP contribution < -0.4 is 16.0 Å². The molecular weight excluding hydrogens is 469 g/mol. The second-order valence-corrected chi connectivity index (χ2v) is 10.5. The summed E-state index contributed by atoms with van der Waals surface area (Å²) >= 11 is 1.18. The molecule has 3 atom stereocenters. The number of nitrogens with one attached hydrogen (secondary N) is 3. The lowest BCUT2D eigenvalue weighted by molar-refractivity contribution is -0.125. The molecule has 0 unspecified atom stereocenters. The second kappa shape index (κ2) is 11.3. The fourth-order valence-corrected chi connectivity index (χ4v) is 5.97. The molecule has 2 heterocycles. The number of urea groups is 1. The maximum atomic E-state index is 14.1. The van der Waals surface area contributed by atoms with Gasteiger partial charge in [-0.2, -0.15) is 0 Å². The second-order valence-electron chi connectivity index (χ2n) is 9.49. The van der Waals surface area contributed by atoms with E-state index < -0.39 is 0 Å². The maximum absolute atomic E-state index is 14.1. The molecule has 4 rings (SSSR count). The van der Waals surface area contributed by atoms with Gasteiger partial charge < -0.3 is 10.6 Å². The molecule has 2 fully saturated rings. The zero-order chi connectivity index (χ0) is 24.9. The Hall–Kier alpha value is -2.85. The topological polar surface area (TPSA) is 103 Å². The smallest absolute Gasteiger partial charge is 0.321 e. The quantitative estimate of drug-likeness (QED) is 0.504. The van der Waals surface area contributed by atoms with Gasteiger partial charge in [-0.05, 0) is 43.7 Å². The first-order valence-corrected chi connectivity index (χ1v) is 12.9.